The monoisotopic (exact) mass is 162 g/mol. The molecule has 0 spiro atoms. The third kappa shape index (κ3) is 7.65. The minimum absolute atomic E-state index is 0.485. The van der Waals surface area contributed by atoms with E-state index >= 15 is 0 Å². The van der Waals surface area contributed by atoms with E-state index in [1.54, 1.807) is 0 Å². The average molecular weight is 162 g/mol. The molecule has 0 heterocycles. The molecule has 0 aliphatic heterocycles. The maximum atomic E-state index is 11.3. The lowest BCUT2D eigenvalue weighted by Crippen LogP contribution is -2.07. The predicted octanol–water partition coefficient (Wildman–Crippen LogP) is 2.98. The molecule has 0 N–H and O–H groups in total. The van der Waals surface area contributed by atoms with Gasteiger partial charge in [0, 0.05) is 12.8 Å². The summed E-state index contributed by atoms with van der Waals surface area (Å²) in [5, 5.41) is 0. The molecular weight excluding hydrogens is 155 g/mol. The van der Waals surface area contributed by atoms with Crippen molar-refractivity contribution in [3.8, 4) is 0 Å². The number of hydrogen-bond donors (Lipinski definition) is 0. The Balaban J connectivity index is 3.21. The van der Waals surface area contributed by atoms with E-state index in [1.807, 2.05) is 0 Å². The van der Waals surface area contributed by atoms with E-state index in [9.17, 15) is 22.0 Å². The Morgan fingerprint density at radius 2 is 1.60 bits per heavy atom. The number of alkyl halides is 5. The molecule has 0 aromatic heterocycles. The lowest BCUT2D eigenvalue weighted by molar-refractivity contribution is -0.136. The highest BCUT2D eigenvalue weighted by Crippen LogP contribution is 2.23. The fourth-order valence-electron chi connectivity index (χ4n) is 0.457. The van der Waals surface area contributed by atoms with Crippen LogP contribution < -0.4 is 0 Å². The summed E-state index contributed by atoms with van der Waals surface area (Å²) in [5.74, 6) is 0. The van der Waals surface area contributed by atoms with Gasteiger partial charge in [0.25, 0.3) is 0 Å². The summed E-state index contributed by atoms with van der Waals surface area (Å²) < 4.78 is 56.3. The Bertz CT molecular complexity index is 84.5. The van der Waals surface area contributed by atoms with Gasteiger partial charge in [0.1, 0.15) is 0 Å². The normalized spacial score (nSPS) is 12.6. The first kappa shape index (κ1) is 9.65. The molecule has 0 aromatic carbocycles. The molecule has 0 atom stereocenters. The summed E-state index contributed by atoms with van der Waals surface area (Å²) in [5.41, 5.74) is 0. The van der Waals surface area contributed by atoms with Crippen molar-refractivity contribution in [1.29, 1.82) is 0 Å². The van der Waals surface area contributed by atoms with Gasteiger partial charge in [-0.2, -0.15) is 13.2 Å². The largest absolute Gasteiger partial charge is 0.389 e. The van der Waals surface area contributed by atoms with E-state index in [0.717, 1.165) is 0 Å². The molecule has 0 fully saturated rings. The van der Waals surface area contributed by atoms with Crippen LogP contribution in [0.2, 0.25) is 0 Å². The van der Waals surface area contributed by atoms with Crippen LogP contribution in [0.25, 0.3) is 0 Å². The van der Waals surface area contributed by atoms with Crippen LogP contribution in [-0.4, -0.2) is 12.6 Å². The fraction of sp³-hybridized carbons (Fsp3) is 1.00. The summed E-state index contributed by atoms with van der Waals surface area (Å²) in [4.78, 5) is 0. The van der Waals surface area contributed by atoms with Gasteiger partial charge >= 0.3 is 6.18 Å². The van der Waals surface area contributed by atoms with Gasteiger partial charge in [-0.25, -0.2) is 8.78 Å². The smallest absolute Gasteiger partial charge is 0.211 e. The highest BCUT2D eigenvalue weighted by atomic mass is 19.4. The highest BCUT2D eigenvalue weighted by Gasteiger charge is 2.26. The zero-order valence-electron chi connectivity index (χ0n) is 5.09. The van der Waals surface area contributed by atoms with Crippen molar-refractivity contribution in [1.82, 2.24) is 0 Å². The summed E-state index contributed by atoms with van der Waals surface area (Å²) in [6.07, 6.45) is -9.19. The molecule has 0 saturated heterocycles. The quantitative estimate of drug-likeness (QED) is 0.559. The zero-order valence-corrected chi connectivity index (χ0v) is 5.09. The second-order valence-electron chi connectivity index (χ2n) is 1.90. The summed E-state index contributed by atoms with van der Waals surface area (Å²) in [6.45, 7) is 0. The SMILES string of the molecule is FC(F)CCCC(F)(F)F. The van der Waals surface area contributed by atoms with Crippen LogP contribution in [0.5, 0.6) is 0 Å². The van der Waals surface area contributed by atoms with E-state index in [2.05, 4.69) is 0 Å². The third-order valence-electron chi connectivity index (χ3n) is 0.883. The zero-order chi connectivity index (χ0) is 8.20. The number of rotatable bonds is 3. The van der Waals surface area contributed by atoms with Crippen molar-refractivity contribution in [3.63, 3.8) is 0 Å². The highest BCUT2D eigenvalue weighted by molar-refractivity contribution is 4.51. The maximum absolute atomic E-state index is 11.3. The summed E-state index contributed by atoms with van der Waals surface area (Å²) in [6, 6.07) is 0. The van der Waals surface area contributed by atoms with Crippen LogP contribution in [0, 0.1) is 0 Å². The molecule has 0 bridgehead atoms. The predicted molar refractivity (Wildman–Crippen MR) is 25.9 cm³/mol. The van der Waals surface area contributed by atoms with Gasteiger partial charge in [-0.05, 0) is 6.42 Å². The van der Waals surface area contributed by atoms with Crippen molar-refractivity contribution in [2.75, 3.05) is 0 Å². The first-order valence-corrected chi connectivity index (χ1v) is 2.77. The minimum atomic E-state index is -4.30. The Morgan fingerprint density at radius 3 is 1.90 bits per heavy atom. The van der Waals surface area contributed by atoms with E-state index in [4.69, 9.17) is 0 Å². The molecule has 0 aliphatic rings. The first-order valence-electron chi connectivity index (χ1n) is 2.77. The van der Waals surface area contributed by atoms with Crippen LogP contribution >= 0.6 is 0 Å². The van der Waals surface area contributed by atoms with Crippen LogP contribution in [0.15, 0.2) is 0 Å². The van der Waals surface area contributed by atoms with Gasteiger partial charge in [0.2, 0.25) is 6.43 Å². The summed E-state index contributed by atoms with van der Waals surface area (Å²) >= 11 is 0. The van der Waals surface area contributed by atoms with Crippen molar-refractivity contribution in [2.45, 2.75) is 31.9 Å². The molecule has 62 valence electrons. The van der Waals surface area contributed by atoms with Crippen molar-refractivity contribution >= 4 is 0 Å². The van der Waals surface area contributed by atoms with Crippen LogP contribution in [0.4, 0.5) is 22.0 Å². The van der Waals surface area contributed by atoms with Gasteiger partial charge < -0.3 is 0 Å². The van der Waals surface area contributed by atoms with Gasteiger partial charge in [-0.15, -0.1) is 0 Å². The topological polar surface area (TPSA) is 0 Å². The molecule has 10 heavy (non-hydrogen) atoms. The van der Waals surface area contributed by atoms with Gasteiger partial charge in [-0.1, -0.05) is 0 Å². The lowest BCUT2D eigenvalue weighted by Gasteiger charge is -2.04. The Labute approximate surface area is 55.0 Å². The number of hydrogen-bond acceptors (Lipinski definition) is 0. The van der Waals surface area contributed by atoms with Gasteiger partial charge in [-0.3, -0.25) is 0 Å². The van der Waals surface area contributed by atoms with E-state index in [1.165, 1.54) is 0 Å². The van der Waals surface area contributed by atoms with E-state index < -0.39 is 31.9 Å². The average Bonchev–Trinajstić information content (AvgIpc) is 1.59. The molecule has 0 amide bonds. The standard InChI is InChI=1S/C5H7F5/c6-4(7)2-1-3-5(8,9)10/h4H,1-3H2. The number of halogens is 5. The van der Waals surface area contributed by atoms with Crippen LogP contribution in [0.3, 0.4) is 0 Å². The fourth-order valence-corrected chi connectivity index (χ4v) is 0.457. The van der Waals surface area contributed by atoms with Crippen LogP contribution in [0.1, 0.15) is 19.3 Å². The molecule has 0 saturated carbocycles. The van der Waals surface area contributed by atoms with Crippen molar-refractivity contribution in [2.24, 2.45) is 0 Å². The Morgan fingerprint density at radius 1 is 1.10 bits per heavy atom. The maximum Gasteiger partial charge on any atom is 0.389 e. The Hall–Kier alpha value is -0.350. The summed E-state index contributed by atoms with van der Waals surface area (Å²) in [7, 11) is 0. The molecule has 5 heteroatoms. The lowest BCUT2D eigenvalue weighted by atomic mass is 10.2. The van der Waals surface area contributed by atoms with Gasteiger partial charge in [0.05, 0.1) is 0 Å². The Kier molecular flexibility index (Phi) is 3.60. The van der Waals surface area contributed by atoms with E-state index in [-0.39, 0.29) is 0 Å². The molecule has 0 radical (unpaired) electrons. The minimum Gasteiger partial charge on any atom is -0.211 e. The molecule has 0 rings (SSSR count). The van der Waals surface area contributed by atoms with Crippen LogP contribution in [-0.2, 0) is 0 Å². The second-order valence-corrected chi connectivity index (χ2v) is 1.90. The molecule has 0 aliphatic carbocycles. The molecule has 0 aromatic rings. The molecule has 0 unspecified atom stereocenters. The molecular formula is C5H7F5. The van der Waals surface area contributed by atoms with Crippen molar-refractivity contribution in [3.05, 3.63) is 0 Å². The second kappa shape index (κ2) is 3.73. The van der Waals surface area contributed by atoms with E-state index in [0.29, 0.717) is 0 Å². The van der Waals surface area contributed by atoms with Crippen molar-refractivity contribution < 1.29 is 22.0 Å². The third-order valence-corrected chi connectivity index (χ3v) is 0.883. The van der Waals surface area contributed by atoms with Gasteiger partial charge in [0.15, 0.2) is 0 Å². The first-order chi connectivity index (χ1) is 4.42. The molecule has 0 nitrogen and oxygen atoms in total.